The molecule has 6 heteroatoms. The van der Waals surface area contributed by atoms with Gasteiger partial charge in [-0.25, -0.2) is 15.0 Å². The second-order valence-electron chi connectivity index (χ2n) is 17.7. The van der Waals surface area contributed by atoms with E-state index in [-0.39, 0.29) is 0 Å². The Bertz CT molecular complexity index is 4250. The molecule has 4 heterocycles. The van der Waals surface area contributed by atoms with Crippen LogP contribution in [-0.2, 0) is 0 Å². The molecular weight excluding hydrogens is 857 g/mol. The summed E-state index contributed by atoms with van der Waals surface area (Å²) >= 11 is 0. The van der Waals surface area contributed by atoms with Gasteiger partial charge in [0.25, 0.3) is 0 Å². The molecule has 0 saturated heterocycles. The molecule has 330 valence electrons. The topological polar surface area (TPSA) is 69.9 Å². The fraction of sp³-hybridized carbons (Fsp3) is 0.0156. The maximum atomic E-state index is 6.83. The van der Waals surface area contributed by atoms with Gasteiger partial charge in [-0.15, -0.1) is 0 Å². The lowest BCUT2D eigenvalue weighted by Crippen LogP contribution is -2.00. The third-order valence-electron chi connectivity index (χ3n) is 13.4. The van der Waals surface area contributed by atoms with Gasteiger partial charge in [0.2, 0.25) is 0 Å². The first-order valence-corrected chi connectivity index (χ1v) is 23.4. The lowest BCUT2D eigenvalue weighted by atomic mass is 9.98. The number of fused-ring (bicyclic) bond motifs is 9. The fourth-order valence-electron chi connectivity index (χ4n) is 9.91. The zero-order valence-corrected chi connectivity index (χ0v) is 38.2. The lowest BCUT2D eigenvalue weighted by Gasteiger charge is -2.15. The predicted molar refractivity (Wildman–Crippen MR) is 289 cm³/mol. The number of aromatic nitrogens is 4. The zero-order valence-electron chi connectivity index (χ0n) is 38.2. The molecule has 9 aromatic carbocycles. The summed E-state index contributed by atoms with van der Waals surface area (Å²) < 4.78 is 15.8. The average molecular weight is 899 g/mol. The molecule has 0 radical (unpaired) electrons. The Morgan fingerprint density at radius 1 is 0.414 bits per heavy atom. The van der Waals surface area contributed by atoms with E-state index in [9.17, 15) is 0 Å². The second kappa shape index (κ2) is 16.7. The summed E-state index contributed by atoms with van der Waals surface area (Å²) in [4.78, 5) is 15.1. The summed E-state index contributed by atoms with van der Waals surface area (Å²) in [7, 11) is 0. The number of para-hydroxylation sites is 2. The van der Waals surface area contributed by atoms with Gasteiger partial charge in [-0.2, -0.15) is 0 Å². The SMILES string of the molecule is C=C/C=C\C=C(/C)c1ccc2c(c1)c1ccccc1n2-c1cc2oc3ccccc3c2cc1-c1ccc2c(c1)oc1cc(-c3nc(-c4ccccc4)nc(-c4ccc(-c5ccccc5)cc4)n3)ccc12. The first-order valence-electron chi connectivity index (χ1n) is 23.4. The first kappa shape index (κ1) is 40.8. The second-order valence-corrected chi connectivity index (χ2v) is 17.7. The molecular formula is C64H42N4O2. The van der Waals surface area contributed by atoms with Gasteiger partial charge >= 0.3 is 0 Å². The molecule has 0 spiro atoms. The van der Waals surface area contributed by atoms with Crippen LogP contribution in [0.5, 0.6) is 0 Å². The number of rotatable bonds is 9. The van der Waals surface area contributed by atoms with Crippen LogP contribution in [0.2, 0.25) is 0 Å². The number of allylic oxidation sites excluding steroid dienone is 5. The highest BCUT2D eigenvalue weighted by molar-refractivity contribution is 6.13. The van der Waals surface area contributed by atoms with Gasteiger partial charge < -0.3 is 13.4 Å². The van der Waals surface area contributed by atoms with Crippen molar-refractivity contribution in [2.45, 2.75) is 6.92 Å². The molecule has 0 saturated carbocycles. The van der Waals surface area contributed by atoms with Gasteiger partial charge in [0, 0.05) is 60.6 Å². The molecule has 0 unspecified atom stereocenters. The van der Waals surface area contributed by atoms with Gasteiger partial charge in [-0.1, -0.05) is 170 Å². The Morgan fingerprint density at radius 2 is 0.943 bits per heavy atom. The maximum absolute atomic E-state index is 6.83. The van der Waals surface area contributed by atoms with Crippen molar-refractivity contribution < 1.29 is 8.83 Å². The Hall–Kier alpha value is -9.39. The van der Waals surface area contributed by atoms with Gasteiger partial charge in [0.05, 0.1) is 16.7 Å². The maximum Gasteiger partial charge on any atom is 0.164 e. The van der Waals surface area contributed by atoms with E-state index >= 15 is 0 Å². The standard InChI is InChI=1S/C64H42N4O2/c1-3-4-7-16-40(2)45-31-34-56-53(35-45)48-21-12-14-23-55(48)68(56)57-39-61-54(49-22-13-15-24-58(49)69-61)38-52(57)46-29-32-50-51-33-30-47(37-60(51)70-59(50)36-46)64-66-62(43-19-10-6-11-20-43)65-63(67-64)44-27-25-42(26-28-44)41-17-8-5-9-18-41/h3-39H,1H2,2H3/b7-4-,40-16+. The van der Waals surface area contributed by atoms with Crippen LogP contribution in [0.25, 0.3) is 133 Å². The summed E-state index contributed by atoms with van der Waals surface area (Å²) in [6, 6.07) is 69.8. The van der Waals surface area contributed by atoms with E-state index in [0.29, 0.717) is 17.5 Å². The third-order valence-corrected chi connectivity index (χ3v) is 13.4. The average Bonchev–Trinajstić information content (AvgIpc) is 4.09. The smallest absolute Gasteiger partial charge is 0.164 e. The molecule has 70 heavy (non-hydrogen) atoms. The Balaban J connectivity index is 0.951. The van der Waals surface area contributed by atoms with E-state index in [2.05, 4.69) is 176 Å². The van der Waals surface area contributed by atoms with Crippen LogP contribution >= 0.6 is 0 Å². The van der Waals surface area contributed by atoms with E-state index in [4.69, 9.17) is 23.8 Å². The molecule has 0 aliphatic rings. The van der Waals surface area contributed by atoms with Gasteiger partial charge in [-0.3, -0.25) is 0 Å². The summed E-state index contributed by atoms with van der Waals surface area (Å²) in [5.74, 6) is 1.77. The molecule has 4 aromatic heterocycles. The Kier molecular flexibility index (Phi) is 9.77. The van der Waals surface area contributed by atoms with Crippen LogP contribution in [0.15, 0.2) is 240 Å². The zero-order chi connectivity index (χ0) is 46.7. The van der Waals surface area contributed by atoms with E-state index in [1.807, 2.05) is 60.7 Å². The van der Waals surface area contributed by atoms with Crippen LogP contribution in [0.4, 0.5) is 0 Å². The van der Waals surface area contributed by atoms with Crippen molar-refractivity contribution in [3.8, 4) is 62.1 Å². The fourth-order valence-corrected chi connectivity index (χ4v) is 9.91. The van der Waals surface area contributed by atoms with Crippen molar-refractivity contribution in [3.05, 3.63) is 237 Å². The highest BCUT2D eigenvalue weighted by atomic mass is 16.3. The summed E-state index contributed by atoms with van der Waals surface area (Å²) in [5.41, 5.74) is 15.8. The van der Waals surface area contributed by atoms with Crippen LogP contribution < -0.4 is 0 Å². The van der Waals surface area contributed by atoms with Crippen molar-refractivity contribution in [1.29, 1.82) is 0 Å². The number of benzene rings is 9. The number of hydrogen-bond donors (Lipinski definition) is 0. The summed E-state index contributed by atoms with van der Waals surface area (Å²) in [6.07, 6.45) is 7.90. The Labute approximate surface area is 403 Å². The quantitative estimate of drug-likeness (QED) is 0.135. The molecule has 13 aromatic rings. The number of nitrogens with zero attached hydrogens (tertiary/aromatic N) is 4. The molecule has 0 amide bonds. The number of hydrogen-bond acceptors (Lipinski definition) is 5. The highest BCUT2D eigenvalue weighted by Gasteiger charge is 2.21. The molecule has 0 N–H and O–H groups in total. The highest BCUT2D eigenvalue weighted by Crippen LogP contribution is 2.43. The van der Waals surface area contributed by atoms with Crippen molar-refractivity contribution >= 4 is 71.3 Å². The van der Waals surface area contributed by atoms with Crippen molar-refractivity contribution in [2.24, 2.45) is 0 Å². The van der Waals surface area contributed by atoms with E-state index < -0.39 is 0 Å². The van der Waals surface area contributed by atoms with Crippen LogP contribution in [0.3, 0.4) is 0 Å². The van der Waals surface area contributed by atoms with E-state index in [1.54, 1.807) is 6.08 Å². The molecule has 13 rings (SSSR count). The van der Waals surface area contributed by atoms with Gasteiger partial charge in [0.15, 0.2) is 17.5 Å². The van der Waals surface area contributed by atoms with E-state index in [0.717, 1.165) is 105 Å². The molecule has 0 aliphatic heterocycles. The Morgan fingerprint density at radius 3 is 1.69 bits per heavy atom. The van der Waals surface area contributed by atoms with Crippen LogP contribution in [0.1, 0.15) is 12.5 Å². The molecule has 0 aliphatic carbocycles. The molecule has 6 nitrogen and oxygen atoms in total. The normalized spacial score (nSPS) is 12.2. The van der Waals surface area contributed by atoms with Crippen LogP contribution in [-0.4, -0.2) is 19.5 Å². The van der Waals surface area contributed by atoms with Gasteiger partial charge in [-0.05, 0) is 89.3 Å². The lowest BCUT2D eigenvalue weighted by molar-refractivity contribution is 0.668. The minimum Gasteiger partial charge on any atom is -0.456 e. The first-order chi connectivity index (χ1) is 34.5. The third kappa shape index (κ3) is 7.01. The minimum absolute atomic E-state index is 0.568. The largest absolute Gasteiger partial charge is 0.456 e. The van der Waals surface area contributed by atoms with Crippen LogP contribution in [0, 0.1) is 0 Å². The number of furan rings is 2. The minimum atomic E-state index is 0.568. The van der Waals surface area contributed by atoms with E-state index in [1.165, 1.54) is 16.3 Å². The van der Waals surface area contributed by atoms with Gasteiger partial charge in [0.1, 0.15) is 22.3 Å². The molecule has 0 atom stereocenters. The molecule has 0 bridgehead atoms. The molecule has 0 fully saturated rings. The summed E-state index contributed by atoms with van der Waals surface area (Å²) in [6.45, 7) is 5.97. The van der Waals surface area contributed by atoms with Crippen molar-refractivity contribution in [3.63, 3.8) is 0 Å². The predicted octanol–water partition coefficient (Wildman–Crippen LogP) is 17.2. The summed E-state index contributed by atoms with van der Waals surface area (Å²) in [5, 5.41) is 6.52. The van der Waals surface area contributed by atoms with Crippen molar-refractivity contribution in [1.82, 2.24) is 19.5 Å². The monoisotopic (exact) mass is 898 g/mol. The van der Waals surface area contributed by atoms with Crippen molar-refractivity contribution in [2.75, 3.05) is 0 Å².